The van der Waals surface area contributed by atoms with Crippen LogP contribution in [0.3, 0.4) is 0 Å². The van der Waals surface area contributed by atoms with Gasteiger partial charge in [0, 0.05) is 38.5 Å². The van der Waals surface area contributed by atoms with Crippen LogP contribution in [0.15, 0.2) is 36.5 Å². The molecule has 2 aromatic rings. The van der Waals surface area contributed by atoms with E-state index in [2.05, 4.69) is 10.4 Å². The molecule has 0 aliphatic rings. The van der Waals surface area contributed by atoms with Gasteiger partial charge in [-0.25, -0.2) is 0 Å². The van der Waals surface area contributed by atoms with E-state index in [1.807, 2.05) is 25.4 Å². The van der Waals surface area contributed by atoms with Gasteiger partial charge in [0.2, 0.25) is 0 Å². The molecule has 0 amide bonds. The van der Waals surface area contributed by atoms with E-state index in [0.29, 0.717) is 13.1 Å². The highest BCUT2D eigenvalue weighted by atomic mass is 16.6. The van der Waals surface area contributed by atoms with Crippen LogP contribution in [0.2, 0.25) is 0 Å². The normalized spacial score (nSPS) is 10.5. The third-order valence-corrected chi connectivity index (χ3v) is 2.53. The van der Waals surface area contributed by atoms with Gasteiger partial charge in [0.1, 0.15) is 0 Å². The fourth-order valence-corrected chi connectivity index (χ4v) is 1.67. The summed E-state index contributed by atoms with van der Waals surface area (Å²) < 4.78 is 1.74. The number of non-ortho nitro benzene ring substituents is 1. The molecule has 1 aromatic heterocycles. The maximum absolute atomic E-state index is 10.6. The molecule has 0 saturated heterocycles. The van der Waals surface area contributed by atoms with Crippen molar-refractivity contribution in [3.63, 3.8) is 0 Å². The summed E-state index contributed by atoms with van der Waals surface area (Å²) in [7, 11) is 1.87. The van der Waals surface area contributed by atoms with E-state index in [4.69, 9.17) is 0 Å². The predicted octanol–water partition coefficient (Wildman–Crippen LogP) is 1.62. The Labute approximate surface area is 104 Å². The zero-order valence-electron chi connectivity index (χ0n) is 10.0. The molecule has 1 N–H and O–H groups in total. The maximum atomic E-state index is 10.6. The molecule has 1 heterocycles. The zero-order valence-corrected chi connectivity index (χ0v) is 10.0. The Balaban J connectivity index is 1.90. The highest BCUT2D eigenvalue weighted by Gasteiger charge is 2.05. The molecular formula is C12H14N4O2. The third kappa shape index (κ3) is 3.14. The van der Waals surface area contributed by atoms with Crippen LogP contribution in [0.5, 0.6) is 0 Å². The van der Waals surface area contributed by atoms with Crippen LogP contribution >= 0.6 is 0 Å². The number of benzene rings is 1. The Morgan fingerprint density at radius 1 is 1.39 bits per heavy atom. The van der Waals surface area contributed by atoms with Gasteiger partial charge < -0.3 is 5.32 Å². The quantitative estimate of drug-likeness (QED) is 0.642. The Morgan fingerprint density at radius 2 is 2.22 bits per heavy atom. The molecular weight excluding hydrogens is 232 g/mol. The summed E-state index contributed by atoms with van der Waals surface area (Å²) in [5.74, 6) is 0. The van der Waals surface area contributed by atoms with Crippen molar-refractivity contribution in [3.8, 4) is 0 Å². The Morgan fingerprint density at radius 3 is 2.89 bits per heavy atom. The average Bonchev–Trinajstić information content (AvgIpc) is 2.75. The molecule has 1 aromatic carbocycles. The van der Waals surface area contributed by atoms with E-state index in [0.717, 1.165) is 11.3 Å². The molecule has 6 nitrogen and oxygen atoms in total. The van der Waals surface area contributed by atoms with Crippen molar-refractivity contribution < 1.29 is 4.92 Å². The molecule has 0 aliphatic heterocycles. The highest BCUT2D eigenvalue weighted by molar-refractivity contribution is 5.34. The van der Waals surface area contributed by atoms with Gasteiger partial charge in [-0.2, -0.15) is 5.10 Å². The van der Waals surface area contributed by atoms with Crippen LogP contribution in [0, 0.1) is 10.1 Å². The zero-order chi connectivity index (χ0) is 13.0. The lowest BCUT2D eigenvalue weighted by atomic mass is 10.2. The Hall–Kier alpha value is -2.21. The van der Waals surface area contributed by atoms with Crippen LogP contribution in [-0.2, 0) is 20.1 Å². The summed E-state index contributed by atoms with van der Waals surface area (Å²) in [5, 5.41) is 18.1. The van der Waals surface area contributed by atoms with Crippen molar-refractivity contribution in [1.29, 1.82) is 0 Å². The summed E-state index contributed by atoms with van der Waals surface area (Å²) >= 11 is 0. The second kappa shape index (κ2) is 5.42. The van der Waals surface area contributed by atoms with Crippen LogP contribution in [0.1, 0.15) is 11.3 Å². The van der Waals surface area contributed by atoms with Gasteiger partial charge in [0.25, 0.3) is 5.69 Å². The van der Waals surface area contributed by atoms with Gasteiger partial charge in [-0.15, -0.1) is 0 Å². The topological polar surface area (TPSA) is 73.0 Å². The molecule has 0 bridgehead atoms. The van der Waals surface area contributed by atoms with E-state index in [1.165, 1.54) is 6.07 Å². The van der Waals surface area contributed by atoms with Gasteiger partial charge >= 0.3 is 0 Å². The number of hydrogen-bond acceptors (Lipinski definition) is 4. The number of rotatable bonds is 5. The van der Waals surface area contributed by atoms with Gasteiger partial charge in [0.05, 0.1) is 10.6 Å². The van der Waals surface area contributed by atoms with Crippen molar-refractivity contribution in [1.82, 2.24) is 15.1 Å². The van der Waals surface area contributed by atoms with Crippen molar-refractivity contribution >= 4 is 5.69 Å². The van der Waals surface area contributed by atoms with E-state index in [-0.39, 0.29) is 10.6 Å². The fourth-order valence-electron chi connectivity index (χ4n) is 1.67. The first-order valence-corrected chi connectivity index (χ1v) is 5.58. The molecule has 18 heavy (non-hydrogen) atoms. The van der Waals surface area contributed by atoms with Gasteiger partial charge in [-0.1, -0.05) is 12.1 Å². The molecule has 0 saturated carbocycles. The monoisotopic (exact) mass is 246 g/mol. The molecule has 0 unspecified atom stereocenters. The first-order chi connectivity index (χ1) is 8.65. The molecule has 94 valence electrons. The van der Waals surface area contributed by atoms with E-state index >= 15 is 0 Å². The molecule has 0 radical (unpaired) electrons. The maximum Gasteiger partial charge on any atom is 0.269 e. The first kappa shape index (κ1) is 12.3. The SMILES string of the molecule is Cn1ccc(CNCc2cccc([N+](=O)[O-])c2)n1. The van der Waals surface area contributed by atoms with Crippen molar-refractivity contribution in [2.24, 2.45) is 7.05 Å². The van der Waals surface area contributed by atoms with Crippen molar-refractivity contribution in [3.05, 3.63) is 57.9 Å². The highest BCUT2D eigenvalue weighted by Crippen LogP contribution is 2.12. The minimum atomic E-state index is -0.387. The standard InChI is InChI=1S/C12H14N4O2/c1-15-6-5-11(14-15)9-13-8-10-3-2-4-12(7-10)16(17)18/h2-7,13H,8-9H2,1H3. The summed E-state index contributed by atoms with van der Waals surface area (Å²) in [6.07, 6.45) is 1.88. The number of nitro benzene ring substituents is 1. The number of aryl methyl sites for hydroxylation is 1. The number of hydrogen-bond donors (Lipinski definition) is 1. The number of nitrogens with zero attached hydrogens (tertiary/aromatic N) is 3. The fraction of sp³-hybridized carbons (Fsp3) is 0.250. The lowest BCUT2D eigenvalue weighted by Crippen LogP contribution is -2.13. The minimum Gasteiger partial charge on any atom is -0.307 e. The smallest absolute Gasteiger partial charge is 0.269 e. The summed E-state index contributed by atoms with van der Waals surface area (Å²) in [4.78, 5) is 10.2. The molecule has 0 fully saturated rings. The van der Waals surface area contributed by atoms with Gasteiger partial charge in [0.15, 0.2) is 0 Å². The lowest BCUT2D eigenvalue weighted by Gasteiger charge is -2.02. The number of nitro groups is 1. The second-order valence-electron chi connectivity index (χ2n) is 4.01. The second-order valence-corrected chi connectivity index (χ2v) is 4.01. The first-order valence-electron chi connectivity index (χ1n) is 5.58. The number of nitrogens with one attached hydrogen (secondary N) is 1. The third-order valence-electron chi connectivity index (χ3n) is 2.53. The largest absolute Gasteiger partial charge is 0.307 e. The number of aromatic nitrogens is 2. The average molecular weight is 246 g/mol. The summed E-state index contributed by atoms with van der Waals surface area (Å²) in [5.41, 5.74) is 1.95. The van der Waals surface area contributed by atoms with E-state index < -0.39 is 0 Å². The molecule has 0 atom stereocenters. The molecule has 6 heteroatoms. The van der Waals surface area contributed by atoms with Gasteiger partial charge in [-0.3, -0.25) is 14.8 Å². The van der Waals surface area contributed by atoms with E-state index in [1.54, 1.807) is 16.8 Å². The lowest BCUT2D eigenvalue weighted by molar-refractivity contribution is -0.384. The summed E-state index contributed by atoms with van der Waals surface area (Å²) in [6.45, 7) is 1.22. The minimum absolute atomic E-state index is 0.118. The molecule has 2 rings (SSSR count). The van der Waals surface area contributed by atoms with Crippen LogP contribution < -0.4 is 5.32 Å². The van der Waals surface area contributed by atoms with Crippen LogP contribution in [-0.4, -0.2) is 14.7 Å². The summed E-state index contributed by atoms with van der Waals surface area (Å²) in [6, 6.07) is 8.54. The van der Waals surface area contributed by atoms with Crippen LogP contribution in [0.4, 0.5) is 5.69 Å². The van der Waals surface area contributed by atoms with E-state index in [9.17, 15) is 10.1 Å². The molecule has 0 aliphatic carbocycles. The van der Waals surface area contributed by atoms with Gasteiger partial charge in [-0.05, 0) is 11.6 Å². The van der Waals surface area contributed by atoms with Crippen molar-refractivity contribution in [2.45, 2.75) is 13.1 Å². The van der Waals surface area contributed by atoms with Crippen LogP contribution in [0.25, 0.3) is 0 Å². The predicted molar refractivity (Wildman–Crippen MR) is 66.8 cm³/mol. The Bertz CT molecular complexity index is 551. The van der Waals surface area contributed by atoms with Crippen molar-refractivity contribution in [2.75, 3.05) is 0 Å². The Kier molecular flexibility index (Phi) is 3.69. The molecule has 0 spiro atoms.